The molecule has 1 N–H and O–H groups in total. The Hall–Kier alpha value is -3.06. The van der Waals surface area contributed by atoms with Crippen molar-refractivity contribution < 1.29 is 28.9 Å². The Morgan fingerprint density at radius 1 is 1.14 bits per heavy atom. The number of fused-ring (bicyclic) bond motifs is 4. The molecule has 0 spiro atoms. The van der Waals surface area contributed by atoms with Crippen LogP contribution >= 0.6 is 0 Å². The second-order valence-electron chi connectivity index (χ2n) is 10.7. The number of rotatable bonds is 8. The average Bonchev–Trinajstić information content (AvgIpc) is 2.91. The fraction of sp³-hybridized carbons (Fsp3) is 0.533. The summed E-state index contributed by atoms with van der Waals surface area (Å²) in [6, 6.07) is 16.0. The Labute approximate surface area is 218 Å². The molecule has 5 rings (SSSR count). The number of aryl methyl sites for hydroxylation is 1. The zero-order chi connectivity index (χ0) is 26.0. The van der Waals surface area contributed by atoms with Gasteiger partial charge in [0, 0.05) is 43.3 Å². The molecule has 37 heavy (non-hydrogen) atoms. The maximum Gasteiger partial charge on any atom is 0.303 e. The highest BCUT2D eigenvalue weighted by molar-refractivity contribution is 5.76. The van der Waals surface area contributed by atoms with Crippen molar-refractivity contribution in [2.45, 2.75) is 70.2 Å². The molecule has 0 radical (unpaired) electrons. The molecule has 7 heteroatoms. The molecule has 2 aromatic rings. The largest absolute Gasteiger partial charge is 0.490 e. The Morgan fingerprint density at radius 3 is 2.70 bits per heavy atom. The van der Waals surface area contributed by atoms with Crippen molar-refractivity contribution in [3.8, 4) is 11.5 Å². The van der Waals surface area contributed by atoms with E-state index in [-0.39, 0.29) is 36.4 Å². The van der Waals surface area contributed by atoms with Gasteiger partial charge in [0.1, 0.15) is 5.60 Å². The Balaban J connectivity index is 1.34. The number of carbonyl (C=O) groups is 2. The van der Waals surface area contributed by atoms with E-state index >= 15 is 0 Å². The molecule has 0 aliphatic carbocycles. The summed E-state index contributed by atoms with van der Waals surface area (Å²) in [6.07, 6.45) is 3.14. The number of aliphatic carboxylic acids is 1. The predicted molar refractivity (Wildman–Crippen MR) is 139 cm³/mol. The van der Waals surface area contributed by atoms with Gasteiger partial charge in [-0.15, -0.1) is 0 Å². The van der Waals surface area contributed by atoms with Gasteiger partial charge in [-0.3, -0.25) is 9.59 Å². The summed E-state index contributed by atoms with van der Waals surface area (Å²) in [5.41, 5.74) is 1.44. The molecule has 0 aromatic heterocycles. The van der Waals surface area contributed by atoms with E-state index in [0.717, 1.165) is 24.8 Å². The molecule has 1 amide bonds. The normalized spacial score (nSPS) is 28.3. The van der Waals surface area contributed by atoms with Gasteiger partial charge in [-0.05, 0) is 51.2 Å². The summed E-state index contributed by atoms with van der Waals surface area (Å²) in [5.74, 6) is 0.865. The lowest BCUT2D eigenvalue weighted by Crippen LogP contribution is -2.57. The number of piperidine rings is 1. The summed E-state index contributed by atoms with van der Waals surface area (Å²) >= 11 is 0. The maximum absolute atomic E-state index is 13.1. The van der Waals surface area contributed by atoms with Crippen LogP contribution in [0.1, 0.15) is 63.2 Å². The topological polar surface area (TPSA) is 85.3 Å². The van der Waals surface area contributed by atoms with E-state index in [1.807, 2.05) is 55.1 Å². The van der Waals surface area contributed by atoms with Crippen molar-refractivity contribution in [3.63, 3.8) is 0 Å². The second-order valence-corrected chi connectivity index (χ2v) is 10.7. The Morgan fingerprint density at radius 2 is 1.95 bits per heavy atom. The lowest BCUT2D eigenvalue weighted by molar-refractivity contribution is -0.194. The van der Waals surface area contributed by atoms with Crippen molar-refractivity contribution in [2.24, 2.45) is 11.8 Å². The first-order chi connectivity index (χ1) is 17.9. The Bertz CT molecular complexity index is 1120. The minimum atomic E-state index is -0.840. The Kier molecular flexibility index (Phi) is 7.43. The summed E-state index contributed by atoms with van der Waals surface area (Å²) in [7, 11) is 0. The van der Waals surface area contributed by atoms with Crippen LogP contribution in [-0.2, 0) is 20.7 Å². The van der Waals surface area contributed by atoms with Crippen LogP contribution in [0.5, 0.6) is 11.5 Å². The third-order valence-corrected chi connectivity index (χ3v) is 8.30. The van der Waals surface area contributed by atoms with Crippen molar-refractivity contribution in [3.05, 3.63) is 59.7 Å². The number of nitrogens with zero attached hydrogens (tertiary/aromatic N) is 1. The van der Waals surface area contributed by atoms with E-state index in [1.165, 1.54) is 5.56 Å². The number of likely N-dealkylation sites (tertiary alicyclic amines) is 1. The standard InChI is InChI=1S/C30H37NO6/c1-3-35-25-11-7-10-22-28-23(30(2,37-29(22)25)16-14-27(33)34)18-21-19-31(17-15-24(21)36-28)26(32)13-12-20-8-5-4-6-9-20/h4-11,21,23-24,28H,3,12-19H2,1-2H3,(H,33,34)/t21-,23-,24-,28+,30+/m1/s1. The van der Waals surface area contributed by atoms with Gasteiger partial charge in [0.05, 0.1) is 18.8 Å². The van der Waals surface area contributed by atoms with Gasteiger partial charge in [0.25, 0.3) is 0 Å². The highest BCUT2D eigenvalue weighted by atomic mass is 16.5. The monoisotopic (exact) mass is 507 g/mol. The van der Waals surface area contributed by atoms with Crippen LogP contribution in [0.3, 0.4) is 0 Å². The van der Waals surface area contributed by atoms with Crippen molar-refractivity contribution in [2.75, 3.05) is 19.7 Å². The summed E-state index contributed by atoms with van der Waals surface area (Å²) in [6.45, 7) is 5.83. The van der Waals surface area contributed by atoms with Gasteiger partial charge in [-0.1, -0.05) is 42.5 Å². The van der Waals surface area contributed by atoms with E-state index in [1.54, 1.807) is 0 Å². The van der Waals surface area contributed by atoms with Gasteiger partial charge in [0.15, 0.2) is 11.5 Å². The first-order valence-corrected chi connectivity index (χ1v) is 13.5. The molecule has 2 aromatic carbocycles. The third kappa shape index (κ3) is 5.33. The number of amides is 1. The van der Waals surface area contributed by atoms with Crippen LogP contribution < -0.4 is 9.47 Å². The maximum atomic E-state index is 13.1. The number of hydrogen-bond donors (Lipinski definition) is 1. The van der Waals surface area contributed by atoms with Crippen molar-refractivity contribution >= 4 is 11.9 Å². The van der Waals surface area contributed by atoms with Crippen LogP contribution in [0, 0.1) is 11.8 Å². The first kappa shape index (κ1) is 25.6. The molecule has 0 saturated carbocycles. The molecule has 3 aliphatic rings. The highest BCUT2D eigenvalue weighted by Gasteiger charge is 2.54. The summed E-state index contributed by atoms with van der Waals surface area (Å²) < 4.78 is 19.3. The molecule has 3 aliphatic heterocycles. The molecule has 0 bridgehead atoms. The van der Waals surface area contributed by atoms with Crippen LogP contribution in [0.2, 0.25) is 0 Å². The lowest BCUT2D eigenvalue weighted by Gasteiger charge is -2.54. The molecule has 5 atom stereocenters. The number of para-hydroxylation sites is 1. The minimum Gasteiger partial charge on any atom is -0.490 e. The fourth-order valence-corrected chi connectivity index (χ4v) is 6.32. The van der Waals surface area contributed by atoms with Gasteiger partial charge in [0.2, 0.25) is 5.91 Å². The SMILES string of the molecule is CCOc1cccc2c1O[C@@](C)(CCC(=O)O)[C@@H]1C[C@@H]3CN(C(=O)CCc4ccccc4)CC[C@H]3O[C@@H]21. The minimum absolute atomic E-state index is 0.0168. The van der Waals surface area contributed by atoms with Gasteiger partial charge in [-0.25, -0.2) is 0 Å². The van der Waals surface area contributed by atoms with Gasteiger partial charge in [-0.2, -0.15) is 0 Å². The van der Waals surface area contributed by atoms with Crippen LogP contribution in [0.4, 0.5) is 0 Å². The third-order valence-electron chi connectivity index (χ3n) is 8.30. The molecule has 0 unspecified atom stereocenters. The van der Waals surface area contributed by atoms with Crippen LogP contribution in [0.15, 0.2) is 48.5 Å². The number of carboxylic acid groups (broad SMARTS) is 1. The number of ether oxygens (including phenoxy) is 3. The van der Waals surface area contributed by atoms with E-state index in [9.17, 15) is 14.7 Å². The van der Waals surface area contributed by atoms with Gasteiger partial charge >= 0.3 is 5.97 Å². The number of benzene rings is 2. The van der Waals surface area contributed by atoms with E-state index in [0.29, 0.717) is 44.0 Å². The molecular weight excluding hydrogens is 470 g/mol. The van der Waals surface area contributed by atoms with Crippen LogP contribution in [0.25, 0.3) is 0 Å². The number of hydrogen-bond acceptors (Lipinski definition) is 5. The number of carboxylic acids is 1. The highest BCUT2D eigenvalue weighted by Crippen LogP contribution is 2.56. The molecule has 3 heterocycles. The average molecular weight is 508 g/mol. The van der Waals surface area contributed by atoms with Crippen molar-refractivity contribution in [1.29, 1.82) is 0 Å². The zero-order valence-electron chi connectivity index (χ0n) is 21.7. The van der Waals surface area contributed by atoms with Gasteiger partial charge < -0.3 is 24.2 Å². The molecule has 2 fully saturated rings. The molecule has 2 saturated heterocycles. The smallest absolute Gasteiger partial charge is 0.303 e. The molecule has 198 valence electrons. The van der Waals surface area contributed by atoms with E-state index < -0.39 is 11.6 Å². The predicted octanol–water partition coefficient (Wildman–Crippen LogP) is 5.03. The zero-order valence-corrected chi connectivity index (χ0v) is 21.7. The van der Waals surface area contributed by atoms with E-state index in [4.69, 9.17) is 14.2 Å². The summed E-state index contributed by atoms with van der Waals surface area (Å²) in [5, 5.41) is 9.45. The lowest BCUT2D eigenvalue weighted by atomic mass is 9.68. The first-order valence-electron chi connectivity index (χ1n) is 13.5. The van der Waals surface area contributed by atoms with Crippen molar-refractivity contribution in [1.82, 2.24) is 4.90 Å². The van der Waals surface area contributed by atoms with Crippen LogP contribution in [-0.4, -0.2) is 53.3 Å². The second kappa shape index (κ2) is 10.7. The number of carbonyl (C=O) groups excluding carboxylic acids is 1. The molecular formula is C30H37NO6. The summed E-state index contributed by atoms with van der Waals surface area (Å²) in [4.78, 5) is 26.6. The molecule has 7 nitrogen and oxygen atoms in total. The quantitative estimate of drug-likeness (QED) is 0.540. The fourth-order valence-electron chi connectivity index (χ4n) is 6.32. The van der Waals surface area contributed by atoms with E-state index in [2.05, 4.69) is 12.1 Å².